The van der Waals surface area contributed by atoms with Crippen LogP contribution < -0.4 is 11.1 Å². The first-order valence-corrected chi connectivity index (χ1v) is 5.03. The van der Waals surface area contributed by atoms with E-state index in [2.05, 4.69) is 5.32 Å². The minimum atomic E-state index is -1.13. The molecule has 0 spiro atoms. The van der Waals surface area contributed by atoms with Crippen molar-refractivity contribution in [1.29, 1.82) is 0 Å². The molecule has 0 bridgehead atoms. The maximum absolute atomic E-state index is 11.5. The monoisotopic (exact) mass is 238 g/mol. The van der Waals surface area contributed by atoms with Crippen LogP contribution in [0.1, 0.15) is 17.3 Å². The highest BCUT2D eigenvalue weighted by molar-refractivity contribution is 5.96. The maximum Gasteiger partial charge on any atom is 0.335 e. The molecular formula is C11H14N2O4. The number of aromatic hydroxyl groups is 1. The zero-order chi connectivity index (χ0) is 13.0. The zero-order valence-corrected chi connectivity index (χ0v) is 9.30. The molecule has 1 aromatic rings. The molecule has 0 radical (unpaired) electrons. The number of benzene rings is 1. The average Bonchev–Trinajstić information content (AvgIpc) is 2.30. The summed E-state index contributed by atoms with van der Waals surface area (Å²) >= 11 is 0. The maximum atomic E-state index is 11.5. The first-order valence-electron chi connectivity index (χ1n) is 5.03. The Kier molecular flexibility index (Phi) is 4.06. The highest BCUT2D eigenvalue weighted by atomic mass is 16.4. The second kappa shape index (κ2) is 5.31. The minimum Gasteiger partial charge on any atom is -0.506 e. The SMILES string of the molecule is CC(CN)C(=O)Nc1cc(C(=O)O)ccc1O. The number of anilines is 1. The third-order valence-corrected chi connectivity index (χ3v) is 2.30. The lowest BCUT2D eigenvalue weighted by molar-refractivity contribution is -0.119. The second-order valence-corrected chi connectivity index (χ2v) is 3.66. The molecule has 0 aliphatic heterocycles. The lowest BCUT2D eigenvalue weighted by Crippen LogP contribution is -2.26. The summed E-state index contributed by atoms with van der Waals surface area (Å²) in [6.07, 6.45) is 0. The number of carbonyl (C=O) groups excluding carboxylic acids is 1. The number of aromatic carboxylic acids is 1. The van der Waals surface area contributed by atoms with Crippen molar-refractivity contribution in [1.82, 2.24) is 0 Å². The van der Waals surface area contributed by atoms with E-state index in [-0.39, 0.29) is 29.5 Å². The summed E-state index contributed by atoms with van der Waals surface area (Å²) in [6.45, 7) is 1.80. The fraction of sp³-hybridized carbons (Fsp3) is 0.273. The summed E-state index contributed by atoms with van der Waals surface area (Å²) in [5, 5.41) is 20.7. The summed E-state index contributed by atoms with van der Waals surface area (Å²) in [5.41, 5.74) is 5.38. The van der Waals surface area contributed by atoms with E-state index in [0.29, 0.717) is 0 Å². The van der Waals surface area contributed by atoms with Crippen LogP contribution in [0, 0.1) is 5.92 Å². The number of carbonyl (C=O) groups is 2. The number of phenols is 1. The zero-order valence-electron chi connectivity index (χ0n) is 9.30. The second-order valence-electron chi connectivity index (χ2n) is 3.66. The van der Waals surface area contributed by atoms with Gasteiger partial charge in [-0.25, -0.2) is 4.79 Å². The quantitative estimate of drug-likeness (QED) is 0.574. The van der Waals surface area contributed by atoms with Crippen molar-refractivity contribution < 1.29 is 19.8 Å². The van der Waals surface area contributed by atoms with Crippen LogP contribution in [0.15, 0.2) is 18.2 Å². The highest BCUT2D eigenvalue weighted by Crippen LogP contribution is 2.24. The van der Waals surface area contributed by atoms with Crippen LogP contribution in [0.5, 0.6) is 5.75 Å². The number of phenolic OH excluding ortho intramolecular Hbond substituents is 1. The third kappa shape index (κ3) is 3.18. The van der Waals surface area contributed by atoms with Crippen molar-refractivity contribution in [3.05, 3.63) is 23.8 Å². The first kappa shape index (κ1) is 13.0. The van der Waals surface area contributed by atoms with Crippen LogP contribution in [-0.2, 0) is 4.79 Å². The van der Waals surface area contributed by atoms with Crippen molar-refractivity contribution >= 4 is 17.6 Å². The van der Waals surface area contributed by atoms with Crippen LogP contribution >= 0.6 is 0 Å². The first-order chi connectivity index (χ1) is 7.95. The van der Waals surface area contributed by atoms with Gasteiger partial charge in [-0.05, 0) is 18.2 Å². The molecule has 1 amide bonds. The fourth-order valence-corrected chi connectivity index (χ4v) is 1.13. The van der Waals surface area contributed by atoms with Gasteiger partial charge >= 0.3 is 5.97 Å². The number of carboxylic acids is 1. The molecule has 0 aliphatic carbocycles. The van der Waals surface area contributed by atoms with Gasteiger partial charge in [-0.1, -0.05) is 6.92 Å². The minimum absolute atomic E-state index is 0.0153. The van der Waals surface area contributed by atoms with Gasteiger partial charge in [-0.3, -0.25) is 4.79 Å². The molecule has 0 saturated heterocycles. The summed E-state index contributed by atoms with van der Waals surface area (Å²) in [7, 11) is 0. The van der Waals surface area contributed by atoms with E-state index in [4.69, 9.17) is 10.8 Å². The molecule has 92 valence electrons. The number of rotatable bonds is 4. The van der Waals surface area contributed by atoms with Crippen LogP contribution in [0.4, 0.5) is 5.69 Å². The molecule has 0 aliphatic rings. The summed E-state index contributed by atoms with van der Waals surface area (Å²) in [5.74, 6) is -2.10. The van der Waals surface area contributed by atoms with Gasteiger partial charge < -0.3 is 21.3 Å². The van der Waals surface area contributed by atoms with Crippen LogP contribution in [0.3, 0.4) is 0 Å². The van der Waals surface area contributed by atoms with E-state index < -0.39 is 11.9 Å². The molecule has 6 nitrogen and oxygen atoms in total. The number of amides is 1. The molecule has 0 saturated carbocycles. The van der Waals surface area contributed by atoms with Crippen LogP contribution in [0.2, 0.25) is 0 Å². The Balaban J connectivity index is 2.94. The van der Waals surface area contributed by atoms with Gasteiger partial charge in [-0.2, -0.15) is 0 Å². The standard InChI is InChI=1S/C11H14N2O4/c1-6(5-12)10(15)13-8-4-7(11(16)17)2-3-9(8)14/h2-4,6,14H,5,12H2,1H3,(H,13,15)(H,16,17). The van der Waals surface area contributed by atoms with Gasteiger partial charge in [0.2, 0.25) is 5.91 Å². The molecule has 1 rings (SSSR count). The Bertz CT molecular complexity index is 445. The Hall–Kier alpha value is -2.08. The number of nitrogens with one attached hydrogen (secondary N) is 1. The van der Waals surface area contributed by atoms with E-state index in [9.17, 15) is 14.7 Å². The molecule has 6 heteroatoms. The topological polar surface area (TPSA) is 113 Å². The van der Waals surface area contributed by atoms with Gasteiger partial charge in [0, 0.05) is 12.5 Å². The van der Waals surface area contributed by atoms with Crippen LogP contribution in [0.25, 0.3) is 0 Å². The van der Waals surface area contributed by atoms with E-state index in [1.807, 2.05) is 0 Å². The van der Waals surface area contributed by atoms with Crippen LogP contribution in [-0.4, -0.2) is 28.6 Å². The predicted octanol–water partition coefficient (Wildman–Crippen LogP) is 0.624. The number of hydrogen-bond donors (Lipinski definition) is 4. The largest absolute Gasteiger partial charge is 0.506 e. The number of nitrogens with two attached hydrogens (primary N) is 1. The van der Waals surface area contributed by atoms with Gasteiger partial charge in [0.1, 0.15) is 5.75 Å². The predicted molar refractivity (Wildman–Crippen MR) is 61.9 cm³/mol. The molecule has 17 heavy (non-hydrogen) atoms. The van der Waals surface area contributed by atoms with Crippen molar-refractivity contribution in [2.75, 3.05) is 11.9 Å². The van der Waals surface area contributed by atoms with Crippen molar-refractivity contribution in [3.8, 4) is 5.75 Å². The van der Waals surface area contributed by atoms with E-state index in [1.54, 1.807) is 6.92 Å². The van der Waals surface area contributed by atoms with Gasteiger partial charge in [0.25, 0.3) is 0 Å². The summed E-state index contributed by atoms with van der Waals surface area (Å²) in [6, 6.07) is 3.66. The molecule has 1 unspecified atom stereocenters. The molecule has 0 heterocycles. The Morgan fingerprint density at radius 1 is 1.47 bits per heavy atom. The molecule has 1 aromatic carbocycles. The smallest absolute Gasteiger partial charge is 0.335 e. The van der Waals surface area contributed by atoms with Gasteiger partial charge in [-0.15, -0.1) is 0 Å². The molecule has 5 N–H and O–H groups in total. The van der Waals surface area contributed by atoms with Gasteiger partial charge in [0.15, 0.2) is 0 Å². The molecule has 0 fully saturated rings. The van der Waals surface area contributed by atoms with Gasteiger partial charge in [0.05, 0.1) is 11.3 Å². The van der Waals surface area contributed by atoms with E-state index in [0.717, 1.165) is 0 Å². The van der Waals surface area contributed by atoms with Crippen molar-refractivity contribution in [2.45, 2.75) is 6.92 Å². The Morgan fingerprint density at radius 2 is 2.12 bits per heavy atom. The third-order valence-electron chi connectivity index (χ3n) is 2.30. The average molecular weight is 238 g/mol. The summed E-state index contributed by atoms with van der Waals surface area (Å²) in [4.78, 5) is 22.3. The molecular weight excluding hydrogens is 224 g/mol. The van der Waals surface area contributed by atoms with Crippen molar-refractivity contribution in [3.63, 3.8) is 0 Å². The lowest BCUT2D eigenvalue weighted by Gasteiger charge is -2.11. The molecule has 1 atom stereocenters. The van der Waals surface area contributed by atoms with E-state index in [1.165, 1.54) is 18.2 Å². The normalized spacial score (nSPS) is 11.9. The fourth-order valence-electron chi connectivity index (χ4n) is 1.13. The lowest BCUT2D eigenvalue weighted by atomic mass is 10.1. The highest BCUT2D eigenvalue weighted by Gasteiger charge is 2.14. The van der Waals surface area contributed by atoms with E-state index >= 15 is 0 Å². The Morgan fingerprint density at radius 3 is 2.65 bits per heavy atom. The number of carboxylic acid groups (broad SMARTS) is 1. The number of hydrogen-bond acceptors (Lipinski definition) is 4. The Labute approximate surface area is 98.1 Å². The molecule has 0 aromatic heterocycles. The van der Waals surface area contributed by atoms with Crippen molar-refractivity contribution in [2.24, 2.45) is 11.7 Å². The summed E-state index contributed by atoms with van der Waals surface area (Å²) < 4.78 is 0.